The van der Waals surface area contributed by atoms with Crippen LogP contribution in [-0.4, -0.2) is 48.7 Å². The Hall–Kier alpha value is -0.660. The number of aliphatic carboxylic acids is 1. The molecule has 2 unspecified atom stereocenters. The lowest BCUT2D eigenvalue weighted by molar-refractivity contribution is -0.134. The first-order chi connectivity index (χ1) is 7.36. The van der Waals surface area contributed by atoms with E-state index in [1.165, 1.54) is 4.31 Å². The number of carboxylic acid groups (broad SMARTS) is 1. The first kappa shape index (κ1) is 13.4. The largest absolute Gasteiger partial charge is 0.480 e. The van der Waals surface area contributed by atoms with Crippen molar-refractivity contribution in [3.63, 3.8) is 0 Å². The van der Waals surface area contributed by atoms with Crippen LogP contribution in [0.1, 0.15) is 19.8 Å². The van der Waals surface area contributed by atoms with Gasteiger partial charge in [0.25, 0.3) is 0 Å². The van der Waals surface area contributed by atoms with Crippen LogP contribution < -0.4 is 5.73 Å². The molecule has 3 N–H and O–H groups in total. The van der Waals surface area contributed by atoms with Gasteiger partial charge in [-0.1, -0.05) is 13.3 Å². The predicted octanol–water partition coefficient (Wildman–Crippen LogP) is -0.540. The molecular weight excluding hydrogens is 232 g/mol. The number of sulfonamides is 1. The monoisotopic (exact) mass is 250 g/mol. The number of rotatable bonds is 4. The molecule has 1 fully saturated rings. The highest BCUT2D eigenvalue weighted by atomic mass is 32.2. The van der Waals surface area contributed by atoms with Gasteiger partial charge < -0.3 is 10.8 Å². The molecule has 7 heteroatoms. The highest BCUT2D eigenvalue weighted by molar-refractivity contribution is 7.89. The van der Waals surface area contributed by atoms with Crippen LogP contribution in [0.25, 0.3) is 0 Å². The minimum atomic E-state index is -3.67. The second-order valence-electron chi connectivity index (χ2n) is 4.13. The van der Waals surface area contributed by atoms with Crippen LogP contribution in [0, 0.1) is 5.92 Å². The predicted molar refractivity (Wildman–Crippen MR) is 59.4 cm³/mol. The van der Waals surface area contributed by atoms with Crippen LogP contribution in [-0.2, 0) is 14.8 Å². The highest BCUT2D eigenvalue weighted by Gasteiger charge is 2.33. The number of piperidine rings is 1. The van der Waals surface area contributed by atoms with Crippen LogP contribution in [0.5, 0.6) is 0 Å². The zero-order valence-electron chi connectivity index (χ0n) is 9.30. The molecule has 0 aliphatic carbocycles. The molecule has 94 valence electrons. The summed E-state index contributed by atoms with van der Waals surface area (Å²) in [6, 6.07) is 0.0151. The van der Waals surface area contributed by atoms with E-state index in [2.05, 4.69) is 0 Å². The Morgan fingerprint density at radius 3 is 2.69 bits per heavy atom. The fraction of sp³-hybridized carbons (Fsp3) is 0.889. The molecule has 6 nitrogen and oxygen atoms in total. The highest BCUT2D eigenvalue weighted by Crippen LogP contribution is 2.21. The fourth-order valence-corrected chi connectivity index (χ4v) is 3.25. The van der Waals surface area contributed by atoms with Crippen LogP contribution >= 0.6 is 0 Å². The average Bonchev–Trinajstić information content (AvgIpc) is 2.16. The van der Waals surface area contributed by atoms with E-state index in [1.54, 1.807) is 0 Å². The molecule has 2 atom stereocenters. The molecular formula is C9H18N2O4S. The summed E-state index contributed by atoms with van der Waals surface area (Å²) in [5.74, 6) is -2.03. The summed E-state index contributed by atoms with van der Waals surface area (Å²) < 4.78 is 24.6. The Morgan fingerprint density at radius 2 is 2.19 bits per heavy atom. The number of hydrogen-bond acceptors (Lipinski definition) is 4. The molecule has 16 heavy (non-hydrogen) atoms. The Balaban J connectivity index is 2.71. The summed E-state index contributed by atoms with van der Waals surface area (Å²) in [4.78, 5) is 10.4. The Kier molecular flexibility index (Phi) is 4.28. The van der Waals surface area contributed by atoms with Crippen molar-refractivity contribution < 1.29 is 18.3 Å². The molecule has 0 saturated carbocycles. The van der Waals surface area contributed by atoms with Gasteiger partial charge in [-0.25, -0.2) is 12.7 Å². The van der Waals surface area contributed by atoms with E-state index in [4.69, 9.17) is 10.8 Å². The van der Waals surface area contributed by atoms with Crippen LogP contribution in [0.2, 0.25) is 0 Å². The van der Waals surface area contributed by atoms with Crippen molar-refractivity contribution in [2.45, 2.75) is 25.8 Å². The van der Waals surface area contributed by atoms with Crippen molar-refractivity contribution >= 4 is 16.0 Å². The Labute approximate surface area is 95.5 Å². The minimum absolute atomic E-state index is 0.0151. The fourth-order valence-electron chi connectivity index (χ4n) is 1.95. The first-order valence-electron chi connectivity index (χ1n) is 5.32. The maximum Gasteiger partial charge on any atom is 0.320 e. The summed E-state index contributed by atoms with van der Waals surface area (Å²) in [5, 5.41) is 8.52. The van der Waals surface area contributed by atoms with Gasteiger partial charge in [-0.05, 0) is 12.3 Å². The lowest BCUT2D eigenvalue weighted by Crippen LogP contribution is -2.50. The van der Waals surface area contributed by atoms with Gasteiger partial charge >= 0.3 is 5.97 Å². The zero-order chi connectivity index (χ0) is 12.3. The van der Waals surface area contributed by atoms with Gasteiger partial charge in [0.15, 0.2) is 5.75 Å². The number of carboxylic acids is 1. The van der Waals surface area contributed by atoms with E-state index in [0.29, 0.717) is 19.5 Å². The quantitative estimate of drug-likeness (QED) is 0.698. The lowest BCUT2D eigenvalue weighted by Gasteiger charge is -2.35. The molecule has 0 spiro atoms. The summed E-state index contributed by atoms with van der Waals surface area (Å²) in [6.45, 7) is 2.62. The maximum atomic E-state index is 11.7. The van der Waals surface area contributed by atoms with Gasteiger partial charge in [-0.3, -0.25) is 4.79 Å². The summed E-state index contributed by atoms with van der Waals surface area (Å²) >= 11 is 0. The molecule has 1 aliphatic heterocycles. The minimum Gasteiger partial charge on any atom is -0.480 e. The van der Waals surface area contributed by atoms with Gasteiger partial charge in [0.05, 0.1) is 0 Å². The zero-order valence-corrected chi connectivity index (χ0v) is 10.1. The maximum absolute atomic E-state index is 11.7. The second-order valence-corrected chi connectivity index (χ2v) is 6.10. The van der Waals surface area contributed by atoms with Crippen LogP contribution in [0.15, 0.2) is 0 Å². The normalized spacial score (nSPS) is 27.9. The number of nitrogens with zero attached hydrogens (tertiary/aromatic N) is 1. The van der Waals surface area contributed by atoms with E-state index >= 15 is 0 Å². The molecule has 1 aliphatic rings. The molecule has 0 amide bonds. The summed E-state index contributed by atoms with van der Waals surface area (Å²) in [6.07, 6.45) is 1.40. The molecule has 0 aromatic heterocycles. The van der Waals surface area contributed by atoms with E-state index < -0.39 is 21.7 Å². The first-order valence-corrected chi connectivity index (χ1v) is 6.93. The lowest BCUT2D eigenvalue weighted by atomic mass is 9.92. The molecule has 1 saturated heterocycles. The van der Waals surface area contributed by atoms with E-state index in [1.807, 2.05) is 6.92 Å². The molecule has 1 heterocycles. The van der Waals surface area contributed by atoms with Gasteiger partial charge in [0.1, 0.15) is 0 Å². The Morgan fingerprint density at radius 1 is 1.56 bits per heavy atom. The van der Waals surface area contributed by atoms with E-state index in [9.17, 15) is 13.2 Å². The third-order valence-electron chi connectivity index (χ3n) is 2.98. The SMILES string of the molecule is CCC1CN(S(=O)(=O)CC(=O)O)CCC1N. The number of carbonyl (C=O) groups is 1. The topological polar surface area (TPSA) is 101 Å². The Bertz CT molecular complexity index is 355. The molecule has 0 aromatic rings. The van der Waals surface area contributed by atoms with Crippen LogP contribution in [0.3, 0.4) is 0 Å². The number of hydrogen-bond donors (Lipinski definition) is 2. The molecule has 0 radical (unpaired) electrons. The number of nitrogens with two attached hydrogens (primary N) is 1. The van der Waals surface area contributed by atoms with Crippen molar-refractivity contribution in [3.05, 3.63) is 0 Å². The van der Waals surface area contributed by atoms with Crippen molar-refractivity contribution in [1.29, 1.82) is 0 Å². The van der Waals surface area contributed by atoms with Crippen molar-refractivity contribution in [2.75, 3.05) is 18.8 Å². The van der Waals surface area contributed by atoms with E-state index in [0.717, 1.165) is 6.42 Å². The molecule has 1 rings (SSSR count). The van der Waals surface area contributed by atoms with Gasteiger partial charge in [-0.2, -0.15) is 0 Å². The summed E-state index contributed by atoms with van der Waals surface area (Å²) in [5.41, 5.74) is 5.86. The average molecular weight is 250 g/mol. The van der Waals surface area contributed by atoms with Crippen molar-refractivity contribution in [1.82, 2.24) is 4.31 Å². The second kappa shape index (κ2) is 5.11. The summed E-state index contributed by atoms with van der Waals surface area (Å²) in [7, 11) is -3.67. The van der Waals surface area contributed by atoms with Gasteiger partial charge in [0.2, 0.25) is 10.0 Å². The third kappa shape index (κ3) is 3.16. The van der Waals surface area contributed by atoms with Crippen molar-refractivity contribution in [3.8, 4) is 0 Å². The molecule has 0 bridgehead atoms. The standard InChI is InChI=1S/C9H18N2O4S/c1-2-7-5-11(4-3-8(7)10)16(14,15)6-9(12)13/h7-8H,2-6,10H2,1H3,(H,12,13). The third-order valence-corrected chi connectivity index (χ3v) is 4.71. The smallest absolute Gasteiger partial charge is 0.320 e. The van der Waals surface area contributed by atoms with E-state index in [-0.39, 0.29) is 12.0 Å². The van der Waals surface area contributed by atoms with Crippen molar-refractivity contribution in [2.24, 2.45) is 11.7 Å². The van der Waals surface area contributed by atoms with Gasteiger partial charge in [-0.15, -0.1) is 0 Å². The van der Waals surface area contributed by atoms with Gasteiger partial charge in [0, 0.05) is 19.1 Å². The van der Waals surface area contributed by atoms with Crippen LogP contribution in [0.4, 0.5) is 0 Å². The molecule has 0 aromatic carbocycles.